The number of hydrogen-bond donors (Lipinski definition) is 1. The number of nitrogens with one attached hydrogen (secondary N) is 1. The summed E-state index contributed by atoms with van der Waals surface area (Å²) in [6, 6.07) is 14.4. The van der Waals surface area contributed by atoms with E-state index in [4.69, 9.17) is 11.6 Å². The van der Waals surface area contributed by atoms with E-state index in [0.717, 1.165) is 23.8 Å². The molecule has 204 valence electrons. The highest BCUT2D eigenvalue weighted by Gasteiger charge is 2.29. The number of carbonyl (C=O) groups excluding carboxylic acids is 2. The lowest BCUT2D eigenvalue weighted by molar-refractivity contribution is -0.141. The van der Waals surface area contributed by atoms with Gasteiger partial charge in [0.15, 0.2) is 0 Å². The second-order valence-corrected chi connectivity index (χ2v) is 11.8. The lowest BCUT2D eigenvalue weighted by Gasteiger charge is -2.32. The number of carbonyl (C=O) groups is 2. The first-order chi connectivity index (χ1) is 17.5. The van der Waals surface area contributed by atoms with Crippen LogP contribution in [0.3, 0.4) is 0 Å². The van der Waals surface area contributed by atoms with Crippen molar-refractivity contribution < 1.29 is 18.0 Å². The molecule has 0 saturated carbocycles. The van der Waals surface area contributed by atoms with E-state index in [2.05, 4.69) is 5.32 Å². The molecular weight excluding hydrogens is 510 g/mol. The SMILES string of the molecule is CC[C@H](C(=O)N[C@@H](C)CC)N(CCc1ccccc1)C(=O)CCCN(c1cc(Cl)ccc1C)S(C)(=O)=O. The van der Waals surface area contributed by atoms with Gasteiger partial charge in [-0.15, -0.1) is 0 Å². The Balaban J connectivity index is 2.20. The van der Waals surface area contributed by atoms with E-state index in [-0.39, 0.29) is 30.8 Å². The fourth-order valence-corrected chi connectivity index (χ4v) is 5.35. The summed E-state index contributed by atoms with van der Waals surface area (Å²) >= 11 is 6.13. The molecule has 9 heteroatoms. The Morgan fingerprint density at radius 2 is 1.70 bits per heavy atom. The maximum absolute atomic E-state index is 13.5. The summed E-state index contributed by atoms with van der Waals surface area (Å²) in [6.07, 6.45) is 3.48. The number of aryl methyl sites for hydroxylation is 1. The van der Waals surface area contributed by atoms with Crippen molar-refractivity contribution >= 4 is 39.1 Å². The molecule has 2 amide bonds. The third-order valence-electron chi connectivity index (χ3n) is 6.46. The lowest BCUT2D eigenvalue weighted by atomic mass is 10.1. The van der Waals surface area contributed by atoms with Crippen LogP contribution in [0, 0.1) is 6.92 Å². The van der Waals surface area contributed by atoms with Crippen molar-refractivity contribution in [2.24, 2.45) is 0 Å². The summed E-state index contributed by atoms with van der Waals surface area (Å²) < 4.78 is 26.4. The quantitative estimate of drug-likeness (QED) is 0.361. The minimum Gasteiger partial charge on any atom is -0.352 e. The zero-order valence-electron chi connectivity index (χ0n) is 22.5. The zero-order chi connectivity index (χ0) is 27.6. The first-order valence-electron chi connectivity index (χ1n) is 12.9. The van der Waals surface area contributed by atoms with Crippen molar-refractivity contribution in [2.75, 3.05) is 23.7 Å². The number of rotatable bonds is 14. The highest BCUT2D eigenvalue weighted by molar-refractivity contribution is 7.92. The number of benzene rings is 2. The number of nitrogens with zero attached hydrogens (tertiary/aromatic N) is 2. The molecule has 0 bridgehead atoms. The first kappa shape index (κ1) is 30.6. The molecule has 0 fully saturated rings. The smallest absolute Gasteiger partial charge is 0.243 e. The Morgan fingerprint density at radius 1 is 1.03 bits per heavy atom. The molecule has 0 aliphatic carbocycles. The Bertz CT molecular complexity index is 1140. The van der Waals surface area contributed by atoms with Crippen molar-refractivity contribution in [3.8, 4) is 0 Å². The van der Waals surface area contributed by atoms with Crippen LogP contribution in [0.1, 0.15) is 57.6 Å². The summed E-state index contributed by atoms with van der Waals surface area (Å²) in [5.74, 6) is -0.330. The van der Waals surface area contributed by atoms with Crippen molar-refractivity contribution in [1.82, 2.24) is 10.2 Å². The summed E-state index contributed by atoms with van der Waals surface area (Å²) in [5.41, 5.74) is 2.36. The second kappa shape index (κ2) is 14.4. The molecule has 0 aliphatic rings. The third-order valence-corrected chi connectivity index (χ3v) is 7.88. The third kappa shape index (κ3) is 9.34. The van der Waals surface area contributed by atoms with Crippen molar-refractivity contribution in [2.45, 2.75) is 71.9 Å². The normalized spacial score (nSPS) is 13.0. The minimum atomic E-state index is -3.59. The van der Waals surface area contributed by atoms with Gasteiger partial charge in [0.1, 0.15) is 6.04 Å². The highest BCUT2D eigenvalue weighted by Crippen LogP contribution is 2.27. The van der Waals surface area contributed by atoms with Crippen LogP contribution >= 0.6 is 11.6 Å². The van der Waals surface area contributed by atoms with Gasteiger partial charge in [0.05, 0.1) is 11.9 Å². The van der Waals surface area contributed by atoms with Crippen LogP contribution in [-0.2, 0) is 26.0 Å². The van der Waals surface area contributed by atoms with Crippen LogP contribution in [0.4, 0.5) is 5.69 Å². The molecule has 0 spiro atoms. The monoisotopic (exact) mass is 549 g/mol. The Hall–Kier alpha value is -2.58. The van der Waals surface area contributed by atoms with Crippen molar-refractivity contribution in [3.63, 3.8) is 0 Å². The van der Waals surface area contributed by atoms with E-state index in [9.17, 15) is 18.0 Å². The molecule has 0 aromatic heterocycles. The molecule has 0 radical (unpaired) electrons. The number of halogens is 1. The number of sulfonamides is 1. The molecule has 37 heavy (non-hydrogen) atoms. The molecule has 1 N–H and O–H groups in total. The van der Waals surface area contributed by atoms with E-state index in [1.54, 1.807) is 23.1 Å². The number of hydrogen-bond acceptors (Lipinski definition) is 4. The Morgan fingerprint density at radius 3 is 2.30 bits per heavy atom. The van der Waals surface area contributed by atoms with Crippen LogP contribution in [0.25, 0.3) is 0 Å². The van der Waals surface area contributed by atoms with Gasteiger partial charge in [0, 0.05) is 30.6 Å². The minimum absolute atomic E-state index is 0.0110. The highest BCUT2D eigenvalue weighted by atomic mass is 35.5. The molecule has 0 saturated heterocycles. The van der Waals surface area contributed by atoms with Gasteiger partial charge in [-0.05, 0) is 62.8 Å². The van der Waals surface area contributed by atoms with Crippen molar-refractivity contribution in [1.29, 1.82) is 0 Å². The fourth-order valence-electron chi connectivity index (χ4n) is 4.17. The largest absolute Gasteiger partial charge is 0.352 e. The summed E-state index contributed by atoms with van der Waals surface area (Å²) in [5, 5.41) is 3.45. The van der Waals surface area contributed by atoms with Gasteiger partial charge >= 0.3 is 0 Å². The van der Waals surface area contributed by atoms with E-state index in [0.29, 0.717) is 36.5 Å². The molecule has 2 atom stereocenters. The van der Waals surface area contributed by atoms with Crippen LogP contribution in [0.15, 0.2) is 48.5 Å². The van der Waals surface area contributed by atoms with E-state index >= 15 is 0 Å². The average Bonchev–Trinajstić information content (AvgIpc) is 2.85. The molecule has 0 heterocycles. The molecule has 2 aromatic rings. The van der Waals surface area contributed by atoms with Gasteiger partial charge in [0.2, 0.25) is 21.8 Å². The maximum Gasteiger partial charge on any atom is 0.243 e. The predicted octanol–water partition coefficient (Wildman–Crippen LogP) is 4.96. The molecular formula is C28H40ClN3O4S. The van der Waals surface area contributed by atoms with Crippen LogP contribution in [0.2, 0.25) is 5.02 Å². The Kier molecular flexibility index (Phi) is 11.9. The summed E-state index contributed by atoms with van der Waals surface area (Å²) in [6.45, 7) is 8.20. The van der Waals surface area contributed by atoms with E-state index in [1.165, 1.54) is 4.31 Å². The Labute approximate surface area is 227 Å². The second-order valence-electron chi connectivity index (χ2n) is 9.43. The molecule has 0 unspecified atom stereocenters. The van der Waals surface area contributed by atoms with Gasteiger partial charge in [-0.3, -0.25) is 13.9 Å². The molecule has 2 aromatic carbocycles. The first-order valence-corrected chi connectivity index (χ1v) is 15.1. The molecule has 7 nitrogen and oxygen atoms in total. The van der Waals surface area contributed by atoms with Gasteiger partial charge in [-0.2, -0.15) is 0 Å². The summed E-state index contributed by atoms with van der Waals surface area (Å²) in [4.78, 5) is 28.2. The van der Waals surface area contributed by atoms with Gasteiger partial charge in [0.25, 0.3) is 0 Å². The van der Waals surface area contributed by atoms with Crippen molar-refractivity contribution in [3.05, 3.63) is 64.7 Å². The molecule has 0 aliphatic heterocycles. The van der Waals surface area contributed by atoms with Crippen LogP contribution < -0.4 is 9.62 Å². The number of amides is 2. The standard InChI is InChI=1S/C28H40ClN3O4S/c1-6-22(4)30-28(34)25(7-2)31(19-17-23-12-9-8-10-13-23)27(33)14-11-18-32(37(5,35)36)26-20-24(29)16-15-21(26)3/h8-10,12-13,15-16,20,22,25H,6-7,11,14,17-19H2,1-5H3,(H,30,34)/t22-,25+/m0/s1. The van der Waals surface area contributed by atoms with Crippen LogP contribution in [0.5, 0.6) is 0 Å². The maximum atomic E-state index is 13.5. The average molecular weight is 550 g/mol. The van der Waals surface area contributed by atoms with Gasteiger partial charge in [-0.1, -0.05) is 61.8 Å². The summed E-state index contributed by atoms with van der Waals surface area (Å²) in [7, 11) is -3.59. The van der Waals surface area contributed by atoms with Gasteiger partial charge in [-0.25, -0.2) is 8.42 Å². The van der Waals surface area contributed by atoms with E-state index < -0.39 is 16.1 Å². The lowest BCUT2D eigenvalue weighted by Crippen LogP contribution is -2.51. The fraction of sp³-hybridized carbons (Fsp3) is 0.500. The number of anilines is 1. The zero-order valence-corrected chi connectivity index (χ0v) is 24.1. The molecule has 2 rings (SSSR count). The predicted molar refractivity (Wildman–Crippen MR) is 151 cm³/mol. The van der Waals surface area contributed by atoms with Gasteiger partial charge < -0.3 is 10.2 Å². The topological polar surface area (TPSA) is 86.8 Å². The van der Waals surface area contributed by atoms with Crippen LogP contribution in [-0.4, -0.2) is 56.6 Å². The van der Waals surface area contributed by atoms with E-state index in [1.807, 2.05) is 58.0 Å².